The first-order chi connectivity index (χ1) is 7.18. The van der Waals surface area contributed by atoms with Gasteiger partial charge in [-0.15, -0.1) is 0 Å². The Morgan fingerprint density at radius 1 is 1.53 bits per heavy atom. The van der Waals surface area contributed by atoms with Crippen LogP contribution in [0.15, 0.2) is 18.3 Å². The van der Waals surface area contributed by atoms with Crippen molar-refractivity contribution in [3.63, 3.8) is 0 Å². The van der Waals surface area contributed by atoms with Gasteiger partial charge in [0.25, 0.3) is 0 Å². The molecule has 0 saturated carbocycles. The van der Waals surface area contributed by atoms with Gasteiger partial charge in [-0.3, -0.25) is 4.79 Å². The fraction of sp³-hybridized carbons (Fsp3) is 0.545. The number of carbonyl (C=O) groups excluding carboxylic acids is 1. The molecule has 0 aliphatic rings. The molecule has 1 amide bonds. The number of nitrogens with one attached hydrogen (secondary N) is 2. The number of hydrogen-bond acceptors (Lipinski definition) is 2. The molecule has 0 bridgehead atoms. The predicted octanol–water partition coefficient (Wildman–Crippen LogP) is 0.625. The smallest absolute Gasteiger partial charge is 0.220 e. The minimum absolute atomic E-state index is 0.117. The van der Waals surface area contributed by atoms with Crippen LogP contribution in [0.25, 0.3) is 0 Å². The number of nitrogens with zero attached hydrogens (tertiary/aromatic N) is 1. The van der Waals surface area contributed by atoms with Gasteiger partial charge >= 0.3 is 0 Å². The van der Waals surface area contributed by atoms with Crippen molar-refractivity contribution in [2.24, 2.45) is 0 Å². The second-order valence-corrected chi connectivity index (χ2v) is 3.85. The number of carbonyl (C=O) groups is 1. The van der Waals surface area contributed by atoms with E-state index in [1.54, 1.807) is 0 Å². The molecule has 0 atom stereocenters. The third-order valence-corrected chi connectivity index (χ3v) is 2.16. The van der Waals surface area contributed by atoms with Gasteiger partial charge in [0, 0.05) is 31.4 Å². The Kier molecular flexibility index (Phi) is 4.90. The number of H-pyrrole nitrogens is 1. The fourth-order valence-corrected chi connectivity index (χ4v) is 1.28. The Hall–Kier alpha value is -1.29. The Balaban J connectivity index is 2.09. The van der Waals surface area contributed by atoms with Crippen molar-refractivity contribution in [2.75, 3.05) is 27.2 Å². The Bertz CT molecular complexity index is 280. The molecular weight excluding hydrogens is 190 g/mol. The Labute approximate surface area is 90.7 Å². The molecule has 0 radical (unpaired) electrons. The van der Waals surface area contributed by atoms with Crippen LogP contribution in [0, 0.1) is 0 Å². The number of likely N-dealkylation sites (N-methyl/N-ethyl adjacent to an activating group) is 1. The number of hydrogen-bond donors (Lipinski definition) is 2. The molecule has 4 nitrogen and oxygen atoms in total. The molecule has 4 heteroatoms. The third kappa shape index (κ3) is 5.22. The van der Waals surface area contributed by atoms with Crippen LogP contribution < -0.4 is 5.32 Å². The van der Waals surface area contributed by atoms with Crippen LogP contribution in [0.3, 0.4) is 0 Å². The van der Waals surface area contributed by atoms with Crippen molar-refractivity contribution < 1.29 is 4.79 Å². The maximum absolute atomic E-state index is 11.4. The van der Waals surface area contributed by atoms with Crippen LogP contribution in [0.1, 0.15) is 12.1 Å². The summed E-state index contributed by atoms with van der Waals surface area (Å²) in [6.07, 6.45) is 3.20. The zero-order chi connectivity index (χ0) is 11.1. The van der Waals surface area contributed by atoms with Gasteiger partial charge in [-0.05, 0) is 32.6 Å². The zero-order valence-electron chi connectivity index (χ0n) is 9.42. The summed E-state index contributed by atoms with van der Waals surface area (Å²) in [6, 6.07) is 3.94. The Morgan fingerprint density at radius 2 is 2.33 bits per heavy atom. The van der Waals surface area contributed by atoms with Crippen molar-refractivity contribution in [3.05, 3.63) is 24.0 Å². The van der Waals surface area contributed by atoms with Crippen molar-refractivity contribution in [2.45, 2.75) is 12.8 Å². The second-order valence-electron chi connectivity index (χ2n) is 3.85. The van der Waals surface area contributed by atoms with Gasteiger partial charge in [0.2, 0.25) is 5.91 Å². The summed E-state index contributed by atoms with van der Waals surface area (Å²) >= 11 is 0. The molecule has 84 valence electrons. The Morgan fingerprint density at radius 3 is 2.93 bits per heavy atom. The number of aryl methyl sites for hydroxylation is 1. The molecule has 1 rings (SSSR count). The lowest BCUT2D eigenvalue weighted by Gasteiger charge is -2.10. The van der Waals surface area contributed by atoms with E-state index in [4.69, 9.17) is 0 Å². The van der Waals surface area contributed by atoms with Crippen LogP contribution in [-0.4, -0.2) is 43.0 Å². The molecule has 0 spiro atoms. The minimum Gasteiger partial charge on any atom is -0.365 e. The second kappa shape index (κ2) is 6.24. The lowest BCUT2D eigenvalue weighted by atomic mass is 10.2. The topological polar surface area (TPSA) is 48.1 Å². The van der Waals surface area contributed by atoms with E-state index in [1.807, 2.05) is 37.3 Å². The summed E-state index contributed by atoms with van der Waals surface area (Å²) in [5.41, 5.74) is 1.11. The van der Waals surface area contributed by atoms with Gasteiger partial charge in [-0.2, -0.15) is 0 Å². The maximum atomic E-state index is 11.4. The molecule has 0 aliphatic heterocycles. The fourth-order valence-electron chi connectivity index (χ4n) is 1.28. The standard InChI is InChI=1S/C11H19N3O/c1-14(2)9-8-13-11(15)6-5-10-4-3-7-12-10/h3-4,7,12H,5-6,8-9H2,1-2H3,(H,13,15). The van der Waals surface area contributed by atoms with Crippen LogP contribution >= 0.6 is 0 Å². The maximum Gasteiger partial charge on any atom is 0.220 e. The monoisotopic (exact) mass is 209 g/mol. The van der Waals surface area contributed by atoms with Crippen molar-refractivity contribution in [1.82, 2.24) is 15.2 Å². The van der Waals surface area contributed by atoms with Crippen LogP contribution in [0.4, 0.5) is 0 Å². The highest BCUT2D eigenvalue weighted by atomic mass is 16.1. The minimum atomic E-state index is 0.117. The highest BCUT2D eigenvalue weighted by molar-refractivity contribution is 5.76. The van der Waals surface area contributed by atoms with Crippen LogP contribution in [-0.2, 0) is 11.2 Å². The molecule has 1 heterocycles. The first kappa shape index (κ1) is 11.8. The summed E-state index contributed by atoms with van der Waals surface area (Å²) in [6.45, 7) is 1.60. The van der Waals surface area contributed by atoms with E-state index in [2.05, 4.69) is 10.3 Å². The van der Waals surface area contributed by atoms with Crippen molar-refractivity contribution in [3.8, 4) is 0 Å². The molecule has 2 N–H and O–H groups in total. The van der Waals surface area contributed by atoms with E-state index in [0.29, 0.717) is 6.42 Å². The highest BCUT2D eigenvalue weighted by Gasteiger charge is 2.01. The van der Waals surface area contributed by atoms with E-state index in [1.165, 1.54) is 0 Å². The summed E-state index contributed by atoms with van der Waals surface area (Å²) in [7, 11) is 3.98. The van der Waals surface area contributed by atoms with Gasteiger partial charge in [0.15, 0.2) is 0 Å². The molecule has 15 heavy (non-hydrogen) atoms. The molecule has 0 aliphatic carbocycles. The quantitative estimate of drug-likeness (QED) is 0.721. The van der Waals surface area contributed by atoms with Crippen molar-refractivity contribution in [1.29, 1.82) is 0 Å². The number of rotatable bonds is 6. The highest BCUT2D eigenvalue weighted by Crippen LogP contribution is 1.98. The molecule has 0 saturated heterocycles. The first-order valence-electron chi connectivity index (χ1n) is 5.22. The molecule has 1 aromatic rings. The molecule has 0 aromatic carbocycles. The summed E-state index contributed by atoms with van der Waals surface area (Å²) in [5.74, 6) is 0.117. The predicted molar refractivity (Wildman–Crippen MR) is 60.7 cm³/mol. The average molecular weight is 209 g/mol. The van der Waals surface area contributed by atoms with E-state index in [9.17, 15) is 4.79 Å². The summed E-state index contributed by atoms with van der Waals surface area (Å²) < 4.78 is 0. The summed E-state index contributed by atoms with van der Waals surface area (Å²) in [4.78, 5) is 16.5. The normalized spacial score (nSPS) is 10.6. The lowest BCUT2D eigenvalue weighted by molar-refractivity contribution is -0.121. The zero-order valence-corrected chi connectivity index (χ0v) is 9.42. The van der Waals surface area contributed by atoms with Gasteiger partial charge in [-0.25, -0.2) is 0 Å². The number of amides is 1. The van der Waals surface area contributed by atoms with Crippen molar-refractivity contribution >= 4 is 5.91 Å². The van der Waals surface area contributed by atoms with Gasteiger partial charge in [0.1, 0.15) is 0 Å². The third-order valence-electron chi connectivity index (χ3n) is 2.16. The van der Waals surface area contributed by atoms with Crippen LogP contribution in [0.5, 0.6) is 0 Å². The van der Waals surface area contributed by atoms with E-state index >= 15 is 0 Å². The lowest BCUT2D eigenvalue weighted by Crippen LogP contribution is -2.31. The van der Waals surface area contributed by atoms with Gasteiger partial charge in [0.05, 0.1) is 0 Å². The van der Waals surface area contributed by atoms with E-state index in [-0.39, 0.29) is 5.91 Å². The SMILES string of the molecule is CN(C)CCNC(=O)CCc1ccc[nH]1. The molecule has 0 unspecified atom stereocenters. The van der Waals surface area contributed by atoms with Gasteiger partial charge in [-0.1, -0.05) is 0 Å². The van der Waals surface area contributed by atoms with Gasteiger partial charge < -0.3 is 15.2 Å². The summed E-state index contributed by atoms with van der Waals surface area (Å²) in [5, 5.41) is 2.88. The van der Waals surface area contributed by atoms with E-state index < -0.39 is 0 Å². The largest absolute Gasteiger partial charge is 0.365 e. The molecular formula is C11H19N3O. The molecule has 0 fully saturated rings. The number of aromatic amines is 1. The van der Waals surface area contributed by atoms with Crippen LogP contribution in [0.2, 0.25) is 0 Å². The van der Waals surface area contributed by atoms with E-state index in [0.717, 1.165) is 25.2 Å². The first-order valence-corrected chi connectivity index (χ1v) is 5.22. The number of aromatic nitrogens is 1. The molecule has 1 aromatic heterocycles. The average Bonchev–Trinajstić information content (AvgIpc) is 2.66.